The van der Waals surface area contributed by atoms with Crippen molar-refractivity contribution in [1.82, 2.24) is 0 Å². The molecule has 0 aliphatic heterocycles. The molecule has 0 aliphatic carbocycles. The molecule has 10 heavy (non-hydrogen) atoms. The van der Waals surface area contributed by atoms with Gasteiger partial charge in [-0.15, -0.1) is 0 Å². The lowest BCUT2D eigenvalue weighted by molar-refractivity contribution is -0.0620. The molecule has 0 aliphatic rings. The lowest BCUT2D eigenvalue weighted by Gasteiger charge is -2.13. The maximum absolute atomic E-state index is 12.2. The minimum Gasteiger partial charge on any atom is -0.390 e. The molecule has 1 unspecified atom stereocenters. The van der Waals surface area contributed by atoms with Gasteiger partial charge < -0.3 is 5.11 Å². The normalized spacial score (nSPS) is 14.3. The van der Waals surface area contributed by atoms with Crippen LogP contribution < -0.4 is 0 Å². The van der Waals surface area contributed by atoms with Crippen LogP contribution in [0.25, 0.3) is 0 Å². The van der Waals surface area contributed by atoms with Crippen molar-refractivity contribution in [3.63, 3.8) is 0 Å². The fourth-order valence-corrected chi connectivity index (χ4v) is 0.558. The molecule has 0 aromatic carbocycles. The molecule has 0 fully saturated rings. The Morgan fingerprint density at radius 2 is 2.20 bits per heavy atom. The zero-order chi connectivity index (χ0) is 8.20. The van der Waals surface area contributed by atoms with Gasteiger partial charge in [0.15, 0.2) is 0 Å². The number of nitriles is 1. The van der Waals surface area contributed by atoms with E-state index in [0.29, 0.717) is 0 Å². The molecule has 0 radical (unpaired) electrons. The van der Waals surface area contributed by atoms with E-state index in [1.165, 1.54) is 6.92 Å². The number of hydrogen-bond donors (Lipinski definition) is 1. The molecule has 4 heteroatoms. The van der Waals surface area contributed by atoms with Gasteiger partial charge in [-0.1, -0.05) is 0 Å². The topological polar surface area (TPSA) is 44.0 Å². The van der Waals surface area contributed by atoms with Crippen molar-refractivity contribution in [2.24, 2.45) is 5.92 Å². The second-order valence-electron chi connectivity index (χ2n) is 2.25. The van der Waals surface area contributed by atoms with E-state index in [-0.39, 0.29) is 0 Å². The summed E-state index contributed by atoms with van der Waals surface area (Å²) in [6.45, 7) is 0.211. The molecule has 0 bridgehead atoms. The van der Waals surface area contributed by atoms with Crippen LogP contribution in [0.5, 0.6) is 0 Å². The minimum atomic E-state index is -3.10. The second-order valence-corrected chi connectivity index (χ2v) is 2.25. The first kappa shape index (κ1) is 9.31. The maximum Gasteiger partial charge on any atom is 0.271 e. The molecule has 0 aromatic heterocycles. The number of halogens is 2. The van der Waals surface area contributed by atoms with Crippen LogP contribution in [-0.2, 0) is 0 Å². The SMILES string of the molecule is CC(C#N)CC(F)(F)CO. The van der Waals surface area contributed by atoms with E-state index < -0.39 is 24.9 Å². The van der Waals surface area contributed by atoms with Crippen molar-refractivity contribution >= 4 is 0 Å². The van der Waals surface area contributed by atoms with Crippen LogP contribution in [0, 0.1) is 17.2 Å². The molecular formula is C6H9F2NO. The minimum absolute atomic E-state index is 0.569. The zero-order valence-electron chi connectivity index (χ0n) is 5.64. The van der Waals surface area contributed by atoms with E-state index in [1.54, 1.807) is 6.07 Å². The highest BCUT2D eigenvalue weighted by molar-refractivity contribution is 4.83. The highest BCUT2D eigenvalue weighted by Crippen LogP contribution is 2.21. The average Bonchev–Trinajstić information content (AvgIpc) is 1.87. The quantitative estimate of drug-likeness (QED) is 0.654. The summed E-state index contributed by atoms with van der Waals surface area (Å²) in [6, 6.07) is 1.66. The van der Waals surface area contributed by atoms with Crippen LogP contribution in [-0.4, -0.2) is 17.6 Å². The Hall–Kier alpha value is -0.690. The lowest BCUT2D eigenvalue weighted by atomic mass is 10.1. The highest BCUT2D eigenvalue weighted by Gasteiger charge is 2.29. The summed E-state index contributed by atoms with van der Waals surface area (Å²) in [4.78, 5) is 0. The van der Waals surface area contributed by atoms with Crippen LogP contribution in [0.3, 0.4) is 0 Å². The van der Waals surface area contributed by atoms with Gasteiger partial charge in [0.25, 0.3) is 5.92 Å². The highest BCUT2D eigenvalue weighted by atomic mass is 19.3. The first-order valence-electron chi connectivity index (χ1n) is 2.90. The molecule has 58 valence electrons. The van der Waals surface area contributed by atoms with E-state index in [2.05, 4.69) is 0 Å². The van der Waals surface area contributed by atoms with Crippen LogP contribution in [0.2, 0.25) is 0 Å². The number of rotatable bonds is 3. The van der Waals surface area contributed by atoms with Crippen LogP contribution in [0.4, 0.5) is 8.78 Å². The molecule has 0 heterocycles. The monoisotopic (exact) mass is 149 g/mol. The Morgan fingerprint density at radius 1 is 1.70 bits per heavy atom. The Balaban J connectivity index is 3.79. The van der Waals surface area contributed by atoms with E-state index >= 15 is 0 Å². The van der Waals surface area contributed by atoms with Gasteiger partial charge in [0.05, 0.1) is 6.07 Å². The van der Waals surface area contributed by atoms with Crippen LogP contribution in [0.15, 0.2) is 0 Å². The fourth-order valence-electron chi connectivity index (χ4n) is 0.558. The predicted molar refractivity (Wildman–Crippen MR) is 31.4 cm³/mol. The molecule has 1 atom stereocenters. The van der Waals surface area contributed by atoms with Crippen molar-refractivity contribution < 1.29 is 13.9 Å². The molecule has 0 rings (SSSR count). The Kier molecular flexibility index (Phi) is 3.23. The summed E-state index contributed by atoms with van der Waals surface area (Å²) in [5, 5.41) is 16.2. The van der Waals surface area contributed by atoms with Gasteiger partial charge in [0, 0.05) is 12.3 Å². The van der Waals surface area contributed by atoms with Crippen LogP contribution in [0.1, 0.15) is 13.3 Å². The second kappa shape index (κ2) is 3.47. The number of hydrogen-bond acceptors (Lipinski definition) is 2. The van der Waals surface area contributed by atoms with Crippen molar-refractivity contribution in [1.29, 1.82) is 5.26 Å². The third-order valence-electron chi connectivity index (χ3n) is 1.06. The first-order chi connectivity index (χ1) is 4.52. The van der Waals surface area contributed by atoms with Gasteiger partial charge in [0.1, 0.15) is 6.61 Å². The molecule has 0 amide bonds. The summed E-state index contributed by atoms with van der Waals surface area (Å²) in [7, 11) is 0. The van der Waals surface area contributed by atoms with Gasteiger partial charge in [-0.2, -0.15) is 5.26 Å². The third-order valence-corrected chi connectivity index (χ3v) is 1.06. The predicted octanol–water partition coefficient (Wildman–Crippen LogP) is 1.16. The summed E-state index contributed by atoms with van der Waals surface area (Å²) < 4.78 is 24.4. The van der Waals surface area contributed by atoms with E-state index in [9.17, 15) is 8.78 Å². The Morgan fingerprint density at radius 3 is 2.50 bits per heavy atom. The summed E-state index contributed by atoms with van der Waals surface area (Å²) in [5.41, 5.74) is 0. The van der Waals surface area contributed by atoms with E-state index in [0.717, 1.165) is 0 Å². The van der Waals surface area contributed by atoms with Crippen molar-refractivity contribution in [2.45, 2.75) is 19.3 Å². The standard InChI is InChI=1S/C6H9F2NO/c1-5(3-9)2-6(7,8)4-10/h5,10H,2,4H2,1H3. The van der Waals surface area contributed by atoms with Gasteiger partial charge in [0.2, 0.25) is 0 Å². The lowest BCUT2D eigenvalue weighted by Crippen LogP contribution is -2.23. The Labute approximate surface area is 58.1 Å². The van der Waals surface area contributed by atoms with Gasteiger partial charge in [-0.3, -0.25) is 0 Å². The number of nitrogens with zero attached hydrogens (tertiary/aromatic N) is 1. The van der Waals surface area contributed by atoms with Crippen molar-refractivity contribution in [2.75, 3.05) is 6.61 Å². The molecular weight excluding hydrogens is 140 g/mol. The largest absolute Gasteiger partial charge is 0.390 e. The van der Waals surface area contributed by atoms with Crippen LogP contribution >= 0.6 is 0 Å². The molecule has 0 aromatic rings. The van der Waals surface area contributed by atoms with Gasteiger partial charge in [-0.05, 0) is 6.92 Å². The van der Waals surface area contributed by atoms with Gasteiger partial charge in [-0.25, -0.2) is 8.78 Å². The smallest absolute Gasteiger partial charge is 0.271 e. The molecule has 0 saturated heterocycles. The maximum atomic E-state index is 12.2. The molecule has 1 N–H and O–H groups in total. The molecule has 0 spiro atoms. The zero-order valence-corrected chi connectivity index (χ0v) is 5.64. The third kappa shape index (κ3) is 3.36. The van der Waals surface area contributed by atoms with E-state index in [1.807, 2.05) is 0 Å². The number of alkyl halides is 2. The van der Waals surface area contributed by atoms with E-state index in [4.69, 9.17) is 10.4 Å². The van der Waals surface area contributed by atoms with Crippen molar-refractivity contribution in [3.05, 3.63) is 0 Å². The Bertz CT molecular complexity index is 141. The molecule has 2 nitrogen and oxygen atoms in total. The fraction of sp³-hybridized carbons (Fsp3) is 0.833. The summed E-state index contributed by atoms with van der Waals surface area (Å²) >= 11 is 0. The summed E-state index contributed by atoms with van der Waals surface area (Å²) in [6.07, 6.45) is -0.569. The first-order valence-corrected chi connectivity index (χ1v) is 2.90. The number of aliphatic hydroxyl groups is 1. The van der Waals surface area contributed by atoms with Crippen molar-refractivity contribution in [3.8, 4) is 6.07 Å². The van der Waals surface area contributed by atoms with Gasteiger partial charge >= 0.3 is 0 Å². The average molecular weight is 149 g/mol. The summed E-state index contributed by atoms with van der Waals surface area (Å²) in [5.74, 6) is -3.81. The number of aliphatic hydroxyl groups excluding tert-OH is 1. The molecule has 0 saturated carbocycles.